The number of aromatic nitrogens is 1. The van der Waals surface area contributed by atoms with E-state index >= 15 is 8.63 Å². The van der Waals surface area contributed by atoms with Crippen molar-refractivity contribution in [3.8, 4) is 12.3 Å². The summed E-state index contributed by atoms with van der Waals surface area (Å²) < 4.78 is 32.9. The number of nitrogens with one attached hydrogen (secondary N) is 1. The van der Waals surface area contributed by atoms with E-state index in [1.165, 1.54) is 0 Å². The number of benzene rings is 1. The van der Waals surface area contributed by atoms with Crippen LogP contribution in [0.15, 0.2) is 54.2 Å². The predicted octanol–water partition coefficient (Wildman–Crippen LogP) is 3.13. The van der Waals surface area contributed by atoms with Gasteiger partial charge >= 0.3 is 6.97 Å². The van der Waals surface area contributed by atoms with Gasteiger partial charge in [0.1, 0.15) is 5.71 Å². The van der Waals surface area contributed by atoms with E-state index in [2.05, 4.69) is 11.2 Å². The van der Waals surface area contributed by atoms with Crippen molar-refractivity contribution in [2.24, 2.45) is 0 Å². The maximum absolute atomic E-state index is 15.3. The Kier molecular flexibility index (Phi) is 4.50. The first-order valence-corrected chi connectivity index (χ1v) is 9.40. The van der Waals surface area contributed by atoms with E-state index < -0.39 is 6.97 Å². The number of carbonyl (C=O) groups is 1. The molecule has 0 radical (unpaired) electrons. The summed E-state index contributed by atoms with van der Waals surface area (Å²) >= 11 is 0. The molecule has 0 saturated heterocycles. The Bertz CT molecular complexity index is 1150. The third-order valence-corrected chi connectivity index (χ3v) is 5.37. The predicted molar refractivity (Wildman–Crippen MR) is 111 cm³/mol. The number of nitrogens with zero attached hydrogens (tertiary/aromatic N) is 2. The number of fused-ring (bicyclic) bond motifs is 2. The molecule has 2 aliphatic rings. The molecule has 0 unspecified atom stereocenters. The minimum atomic E-state index is -3.95. The molecule has 1 aromatic heterocycles. The highest BCUT2D eigenvalue weighted by Crippen LogP contribution is 2.40. The second-order valence-electron chi connectivity index (χ2n) is 7.28. The van der Waals surface area contributed by atoms with Crippen molar-refractivity contribution >= 4 is 24.2 Å². The van der Waals surface area contributed by atoms with E-state index in [1.807, 2.05) is 24.3 Å². The fourth-order valence-electron chi connectivity index (χ4n) is 4.06. The van der Waals surface area contributed by atoms with E-state index in [-0.39, 0.29) is 18.9 Å². The molecule has 2 aliphatic heterocycles. The Morgan fingerprint density at radius 1 is 1.17 bits per heavy atom. The molecule has 1 N–H and O–H groups in total. The Morgan fingerprint density at radius 2 is 1.90 bits per heavy atom. The van der Waals surface area contributed by atoms with E-state index in [0.717, 1.165) is 25.7 Å². The number of terminal acetylenes is 1. The van der Waals surface area contributed by atoms with Crippen molar-refractivity contribution in [2.75, 3.05) is 6.54 Å². The second-order valence-corrected chi connectivity index (χ2v) is 7.28. The van der Waals surface area contributed by atoms with Crippen molar-refractivity contribution < 1.29 is 17.9 Å². The average molecular weight is 391 g/mol. The Labute approximate surface area is 168 Å². The number of rotatable bonds is 4. The third kappa shape index (κ3) is 3.01. The van der Waals surface area contributed by atoms with E-state index in [9.17, 15) is 4.79 Å². The monoisotopic (exact) mass is 391 g/mol. The minimum absolute atomic E-state index is 0.155. The van der Waals surface area contributed by atoms with Gasteiger partial charge in [0.05, 0.1) is 18.5 Å². The zero-order chi connectivity index (χ0) is 20.8. The van der Waals surface area contributed by atoms with Crippen LogP contribution in [0.5, 0.6) is 0 Å². The topological polar surface area (TPSA) is 37.0 Å². The molecular weight excluding hydrogens is 371 g/mol. The molecule has 146 valence electrons. The summed E-state index contributed by atoms with van der Waals surface area (Å²) in [5.74, 6) is 2.21. The molecular formula is C22H20BF2N3O. The zero-order valence-electron chi connectivity index (χ0n) is 16.2. The lowest BCUT2D eigenvalue weighted by atomic mass is 9.85. The molecule has 3 heterocycles. The number of hydrogen-bond acceptors (Lipinski definition) is 1. The molecule has 29 heavy (non-hydrogen) atoms. The molecule has 0 fully saturated rings. The minimum Gasteiger partial charge on any atom is -0.393 e. The number of allylic oxidation sites excluding steroid dienone is 2. The Morgan fingerprint density at radius 3 is 2.59 bits per heavy atom. The molecule has 4 rings (SSSR count). The van der Waals surface area contributed by atoms with Gasteiger partial charge in [-0.15, -0.1) is 6.42 Å². The van der Waals surface area contributed by atoms with Gasteiger partial charge in [0.15, 0.2) is 5.70 Å². The van der Waals surface area contributed by atoms with Crippen LogP contribution in [0.25, 0.3) is 5.57 Å². The van der Waals surface area contributed by atoms with E-state index in [4.69, 9.17) is 6.42 Å². The van der Waals surface area contributed by atoms with Crippen LogP contribution in [0.1, 0.15) is 29.4 Å². The maximum atomic E-state index is 15.3. The molecule has 0 aliphatic carbocycles. The molecule has 2 aromatic rings. The number of amides is 1. The van der Waals surface area contributed by atoms with Crippen LogP contribution >= 0.6 is 0 Å². The van der Waals surface area contributed by atoms with Crippen LogP contribution in [-0.4, -0.2) is 34.1 Å². The molecule has 1 aromatic carbocycles. The summed E-state index contributed by atoms with van der Waals surface area (Å²) in [5, 5.41) is 2.63. The van der Waals surface area contributed by atoms with Crippen molar-refractivity contribution in [1.29, 1.82) is 0 Å². The van der Waals surface area contributed by atoms with Gasteiger partial charge in [0, 0.05) is 24.8 Å². The first kappa shape index (κ1) is 18.9. The molecule has 0 spiro atoms. The van der Waals surface area contributed by atoms with Gasteiger partial charge in [-0.1, -0.05) is 30.2 Å². The molecule has 0 atom stereocenters. The number of halogens is 2. The van der Waals surface area contributed by atoms with Crippen LogP contribution in [0.3, 0.4) is 0 Å². The van der Waals surface area contributed by atoms with Gasteiger partial charge in [-0.25, -0.2) is 0 Å². The van der Waals surface area contributed by atoms with Crippen LogP contribution in [0.2, 0.25) is 0 Å². The van der Waals surface area contributed by atoms with Crippen molar-refractivity contribution in [2.45, 2.75) is 20.3 Å². The van der Waals surface area contributed by atoms with Crippen LogP contribution in [0, 0.1) is 19.3 Å². The van der Waals surface area contributed by atoms with Gasteiger partial charge in [-0.2, -0.15) is 0 Å². The highest BCUT2D eigenvalue weighted by molar-refractivity contribution is 6.58. The maximum Gasteiger partial charge on any atom is 0.737 e. The first-order valence-electron chi connectivity index (χ1n) is 9.40. The fraction of sp³-hybridized carbons (Fsp3) is 0.182. The summed E-state index contributed by atoms with van der Waals surface area (Å²) in [6.45, 7) is -0.371. The SMILES string of the molecule is C#CCNC(=O)Cc1ccc(C2=C3C=CC(C)=[N+]3[B-](F)(F)n3c(C)ccc32)cc1. The summed E-state index contributed by atoms with van der Waals surface area (Å²) in [5.41, 5.74) is 4.43. The second kappa shape index (κ2) is 6.89. The lowest BCUT2D eigenvalue weighted by molar-refractivity contribution is -0.362. The van der Waals surface area contributed by atoms with Gasteiger partial charge < -0.3 is 22.9 Å². The number of carbonyl (C=O) groups excluding carboxylic acids is 1. The van der Waals surface area contributed by atoms with E-state index in [0.29, 0.717) is 22.8 Å². The lowest BCUT2D eigenvalue weighted by Crippen LogP contribution is -2.51. The van der Waals surface area contributed by atoms with E-state index in [1.54, 1.807) is 38.1 Å². The van der Waals surface area contributed by atoms with Crippen LogP contribution in [-0.2, 0) is 11.2 Å². The molecule has 0 bridgehead atoms. The quantitative estimate of drug-likeness (QED) is 0.631. The Hall–Kier alpha value is -3.40. The lowest BCUT2D eigenvalue weighted by Gasteiger charge is -2.32. The zero-order valence-corrected chi connectivity index (χ0v) is 16.2. The summed E-state index contributed by atoms with van der Waals surface area (Å²) in [4.78, 5) is 11.9. The van der Waals surface area contributed by atoms with Crippen molar-refractivity contribution in [1.82, 2.24) is 9.79 Å². The van der Waals surface area contributed by atoms with Gasteiger partial charge in [-0.05, 0) is 35.9 Å². The van der Waals surface area contributed by atoms with Crippen molar-refractivity contribution in [3.63, 3.8) is 0 Å². The van der Waals surface area contributed by atoms with Crippen LogP contribution in [0.4, 0.5) is 8.63 Å². The fourth-order valence-corrected chi connectivity index (χ4v) is 4.06. The Balaban J connectivity index is 1.77. The average Bonchev–Trinajstić information content (AvgIpc) is 3.26. The van der Waals surface area contributed by atoms with Crippen molar-refractivity contribution in [3.05, 3.63) is 76.8 Å². The van der Waals surface area contributed by atoms with Gasteiger partial charge in [0.25, 0.3) is 0 Å². The summed E-state index contributed by atoms with van der Waals surface area (Å²) in [7, 11) is 0. The normalized spacial score (nSPS) is 16.5. The number of aryl methyl sites for hydroxylation is 1. The molecule has 4 nitrogen and oxygen atoms in total. The van der Waals surface area contributed by atoms with Gasteiger partial charge in [0.2, 0.25) is 5.91 Å². The summed E-state index contributed by atoms with van der Waals surface area (Å²) in [6, 6.07) is 10.9. The highest BCUT2D eigenvalue weighted by Gasteiger charge is 2.53. The highest BCUT2D eigenvalue weighted by atomic mass is 19.2. The largest absolute Gasteiger partial charge is 0.737 e. The van der Waals surface area contributed by atoms with Gasteiger partial charge in [-0.3, -0.25) is 4.79 Å². The summed E-state index contributed by atoms with van der Waals surface area (Å²) in [6.07, 6.45) is 8.82. The standard InChI is InChI=1S/C22H20BF2N3O/c1-4-13-26-21(29)14-17-7-9-18(10-8-17)22-19-11-5-15(2)27(19)23(24,25)28-16(3)6-12-20(22)28/h1,5-12H,13-14H2,2-3H3,(H,26,29). The molecule has 1 amide bonds. The van der Waals surface area contributed by atoms with Crippen LogP contribution < -0.4 is 5.32 Å². The molecule has 7 heteroatoms. The first-order chi connectivity index (χ1) is 13.8. The molecule has 0 saturated carbocycles. The third-order valence-electron chi connectivity index (χ3n) is 5.37. The smallest absolute Gasteiger partial charge is 0.393 e. The number of hydrogen-bond donors (Lipinski definition) is 1.